The second kappa shape index (κ2) is 11.0. The summed E-state index contributed by atoms with van der Waals surface area (Å²) in [5.74, 6) is 1.65. The second-order valence-corrected chi connectivity index (χ2v) is 8.64. The molecule has 2 aromatic carbocycles. The Morgan fingerprint density at radius 2 is 1.88 bits per heavy atom. The highest BCUT2D eigenvalue weighted by atomic mass is 16.5. The molecule has 32 heavy (non-hydrogen) atoms. The second-order valence-electron chi connectivity index (χ2n) is 8.64. The third-order valence-corrected chi connectivity index (χ3v) is 5.21. The van der Waals surface area contributed by atoms with Gasteiger partial charge in [-0.05, 0) is 69.5 Å². The van der Waals surface area contributed by atoms with E-state index in [9.17, 15) is 10.2 Å². The van der Waals surface area contributed by atoms with Gasteiger partial charge in [-0.2, -0.15) is 0 Å². The summed E-state index contributed by atoms with van der Waals surface area (Å²) in [6, 6.07) is 16.8. The summed E-state index contributed by atoms with van der Waals surface area (Å²) in [5, 5.41) is 27.1. The molecule has 3 N–H and O–H groups in total. The summed E-state index contributed by atoms with van der Waals surface area (Å²) in [6.07, 6.45) is 4.90. The number of aliphatic hydroxyl groups is 1. The van der Waals surface area contributed by atoms with Gasteiger partial charge in [0.25, 0.3) is 0 Å². The van der Waals surface area contributed by atoms with Crippen molar-refractivity contribution >= 4 is 12.2 Å². The Labute approximate surface area is 189 Å². The molecule has 0 saturated carbocycles. The van der Waals surface area contributed by atoms with Crippen LogP contribution >= 0.6 is 0 Å². The molecule has 0 bridgehead atoms. The fraction of sp³-hybridized carbons (Fsp3) is 0.346. The molecule has 1 aromatic heterocycles. The van der Waals surface area contributed by atoms with Crippen molar-refractivity contribution in [1.29, 1.82) is 0 Å². The number of ether oxygens (including phenoxy) is 1. The van der Waals surface area contributed by atoms with Gasteiger partial charge in [0.1, 0.15) is 24.2 Å². The predicted octanol–water partition coefficient (Wildman–Crippen LogP) is 4.60. The van der Waals surface area contributed by atoms with Crippen LogP contribution in [0.25, 0.3) is 12.2 Å². The van der Waals surface area contributed by atoms with Gasteiger partial charge in [-0.15, -0.1) is 0 Å². The van der Waals surface area contributed by atoms with Crippen molar-refractivity contribution in [2.75, 3.05) is 13.2 Å². The maximum atomic E-state index is 10.4. The van der Waals surface area contributed by atoms with Gasteiger partial charge in [0.05, 0.1) is 5.69 Å². The lowest BCUT2D eigenvalue weighted by molar-refractivity contribution is 0.0981. The van der Waals surface area contributed by atoms with Gasteiger partial charge in [0.15, 0.2) is 5.76 Å². The van der Waals surface area contributed by atoms with Crippen LogP contribution in [0.3, 0.4) is 0 Å². The molecule has 0 spiro atoms. The average molecular weight is 437 g/mol. The summed E-state index contributed by atoms with van der Waals surface area (Å²) in [5.41, 5.74) is 2.76. The zero-order chi connectivity index (χ0) is 23.0. The fourth-order valence-electron chi connectivity index (χ4n) is 3.23. The standard InChI is InChI=1S/C26H32N2O4/c1-19-16-24(32-28-19)13-10-21-6-4-5-7-25(21)31-18-23(30)17-27-26(2,3)15-14-20-8-11-22(29)12-9-20/h4-13,16,23,27,29-30H,14-15,17-18H2,1-3H3/b13-10+. The Morgan fingerprint density at radius 1 is 1.12 bits per heavy atom. The Hall–Kier alpha value is -3.09. The molecule has 3 rings (SSSR count). The maximum absolute atomic E-state index is 10.4. The SMILES string of the molecule is Cc1cc(/C=C/c2ccccc2OCC(O)CNC(C)(C)CCc2ccc(O)cc2)on1. The van der Waals surface area contributed by atoms with Crippen molar-refractivity contribution in [1.82, 2.24) is 10.5 Å². The molecule has 1 atom stereocenters. The van der Waals surface area contributed by atoms with Crippen molar-refractivity contribution in [2.45, 2.75) is 45.3 Å². The van der Waals surface area contributed by atoms with E-state index in [0.29, 0.717) is 18.1 Å². The highest BCUT2D eigenvalue weighted by molar-refractivity contribution is 5.70. The summed E-state index contributed by atoms with van der Waals surface area (Å²) in [4.78, 5) is 0. The highest BCUT2D eigenvalue weighted by Crippen LogP contribution is 2.21. The maximum Gasteiger partial charge on any atom is 0.159 e. The van der Waals surface area contributed by atoms with Crippen LogP contribution in [0.5, 0.6) is 11.5 Å². The van der Waals surface area contributed by atoms with Crippen LogP contribution in [0, 0.1) is 6.92 Å². The minimum atomic E-state index is -0.642. The molecule has 3 aromatic rings. The number of hydrogen-bond acceptors (Lipinski definition) is 6. The van der Waals surface area contributed by atoms with Gasteiger partial charge in [-0.1, -0.05) is 35.5 Å². The number of hydrogen-bond donors (Lipinski definition) is 3. The lowest BCUT2D eigenvalue weighted by Gasteiger charge is -2.28. The Kier molecular flexibility index (Phi) is 8.09. The van der Waals surface area contributed by atoms with Crippen molar-refractivity contribution in [3.05, 3.63) is 77.2 Å². The Morgan fingerprint density at radius 3 is 2.59 bits per heavy atom. The smallest absolute Gasteiger partial charge is 0.159 e. The number of para-hydroxylation sites is 1. The number of aromatic nitrogens is 1. The van der Waals surface area contributed by atoms with E-state index in [-0.39, 0.29) is 17.9 Å². The number of β-amino-alcohol motifs (C(OH)–C–C–N with tert-alkyl or cyclic N) is 1. The topological polar surface area (TPSA) is 87.8 Å². The molecule has 0 fully saturated rings. The lowest BCUT2D eigenvalue weighted by atomic mass is 9.95. The molecule has 0 amide bonds. The number of aromatic hydroxyl groups is 1. The summed E-state index contributed by atoms with van der Waals surface area (Å²) in [7, 11) is 0. The zero-order valence-electron chi connectivity index (χ0n) is 18.9. The van der Waals surface area contributed by atoms with Gasteiger partial charge in [0, 0.05) is 23.7 Å². The van der Waals surface area contributed by atoms with Gasteiger partial charge >= 0.3 is 0 Å². The molecule has 6 nitrogen and oxygen atoms in total. The molecule has 6 heteroatoms. The molecule has 1 unspecified atom stereocenters. The van der Waals surface area contributed by atoms with Crippen LogP contribution in [0.4, 0.5) is 0 Å². The first-order valence-electron chi connectivity index (χ1n) is 10.8. The summed E-state index contributed by atoms with van der Waals surface area (Å²) >= 11 is 0. The van der Waals surface area contributed by atoms with E-state index in [1.807, 2.05) is 61.5 Å². The van der Waals surface area contributed by atoms with E-state index in [2.05, 4.69) is 24.3 Å². The highest BCUT2D eigenvalue weighted by Gasteiger charge is 2.19. The number of aryl methyl sites for hydroxylation is 2. The van der Waals surface area contributed by atoms with Crippen LogP contribution in [-0.2, 0) is 6.42 Å². The third kappa shape index (κ3) is 7.55. The normalized spacial score (nSPS) is 12.9. The van der Waals surface area contributed by atoms with Gasteiger partial charge in [0.2, 0.25) is 0 Å². The van der Waals surface area contributed by atoms with Gasteiger partial charge < -0.3 is 24.8 Å². The molecule has 170 valence electrons. The summed E-state index contributed by atoms with van der Waals surface area (Å²) < 4.78 is 11.1. The number of nitrogens with one attached hydrogen (secondary N) is 1. The van der Waals surface area contributed by atoms with Crippen LogP contribution in [0.1, 0.15) is 42.8 Å². The number of phenolic OH excluding ortho intramolecular Hbond substituents is 1. The minimum Gasteiger partial charge on any atom is -0.508 e. The zero-order valence-corrected chi connectivity index (χ0v) is 18.9. The lowest BCUT2D eigenvalue weighted by Crippen LogP contribution is -2.45. The van der Waals surface area contributed by atoms with Crippen molar-refractivity contribution < 1.29 is 19.5 Å². The van der Waals surface area contributed by atoms with Crippen LogP contribution < -0.4 is 10.1 Å². The first kappa shape index (κ1) is 23.6. The minimum absolute atomic E-state index is 0.144. The number of aliphatic hydroxyl groups excluding tert-OH is 1. The average Bonchev–Trinajstić information content (AvgIpc) is 3.20. The number of phenols is 1. The fourth-order valence-corrected chi connectivity index (χ4v) is 3.23. The molecule has 0 radical (unpaired) electrons. The van der Waals surface area contributed by atoms with Gasteiger partial charge in [-0.25, -0.2) is 0 Å². The largest absolute Gasteiger partial charge is 0.508 e. The first-order valence-corrected chi connectivity index (χ1v) is 10.8. The van der Waals surface area contributed by atoms with Crippen LogP contribution in [0.2, 0.25) is 0 Å². The molecule has 0 aliphatic carbocycles. The Bertz CT molecular complexity index is 1010. The van der Waals surface area contributed by atoms with E-state index in [1.165, 1.54) is 5.56 Å². The van der Waals surface area contributed by atoms with E-state index in [0.717, 1.165) is 24.1 Å². The Balaban J connectivity index is 1.46. The number of benzene rings is 2. The van der Waals surface area contributed by atoms with Crippen molar-refractivity contribution in [2.24, 2.45) is 0 Å². The number of nitrogens with zero attached hydrogens (tertiary/aromatic N) is 1. The quantitative estimate of drug-likeness (QED) is 0.407. The molecule has 0 saturated heterocycles. The molecular formula is C26H32N2O4. The molecule has 1 heterocycles. The van der Waals surface area contributed by atoms with E-state index >= 15 is 0 Å². The van der Waals surface area contributed by atoms with Crippen LogP contribution in [-0.4, -0.2) is 40.2 Å². The first-order chi connectivity index (χ1) is 15.3. The molecule has 0 aliphatic rings. The third-order valence-electron chi connectivity index (χ3n) is 5.21. The molecular weight excluding hydrogens is 404 g/mol. The summed E-state index contributed by atoms with van der Waals surface area (Å²) in [6.45, 7) is 6.73. The van der Waals surface area contributed by atoms with Crippen molar-refractivity contribution in [3.8, 4) is 11.5 Å². The predicted molar refractivity (Wildman–Crippen MR) is 127 cm³/mol. The number of rotatable bonds is 11. The van der Waals surface area contributed by atoms with Crippen molar-refractivity contribution in [3.63, 3.8) is 0 Å². The van der Waals surface area contributed by atoms with E-state index in [4.69, 9.17) is 9.26 Å². The van der Waals surface area contributed by atoms with Gasteiger partial charge in [-0.3, -0.25) is 0 Å². The van der Waals surface area contributed by atoms with E-state index in [1.54, 1.807) is 12.1 Å². The van der Waals surface area contributed by atoms with Crippen LogP contribution in [0.15, 0.2) is 59.1 Å². The monoisotopic (exact) mass is 436 g/mol. The molecule has 0 aliphatic heterocycles. The van der Waals surface area contributed by atoms with E-state index < -0.39 is 6.10 Å².